The second-order valence-electron chi connectivity index (χ2n) is 8.57. The van der Waals surface area contributed by atoms with Crippen LogP contribution in [0.3, 0.4) is 0 Å². The molecule has 0 N–H and O–H groups in total. The van der Waals surface area contributed by atoms with Crippen LogP contribution in [0, 0.1) is 4.64 Å². The number of carbonyl (C=O) groups excluding carboxylic acids is 1. The van der Waals surface area contributed by atoms with Crippen molar-refractivity contribution < 1.29 is 31.1 Å². The number of aromatic nitrogens is 1. The number of pyridine rings is 1. The van der Waals surface area contributed by atoms with E-state index in [4.69, 9.17) is 12.2 Å². The van der Waals surface area contributed by atoms with Crippen molar-refractivity contribution in [3.05, 3.63) is 99.8 Å². The van der Waals surface area contributed by atoms with Crippen molar-refractivity contribution in [1.82, 2.24) is 9.47 Å². The maximum atomic E-state index is 13.7. The van der Waals surface area contributed by atoms with Crippen LogP contribution >= 0.6 is 12.2 Å². The van der Waals surface area contributed by atoms with Gasteiger partial charge in [0.15, 0.2) is 0 Å². The lowest BCUT2D eigenvalue weighted by Crippen LogP contribution is -2.30. The molecular formula is C27H20F6N2OS. The minimum absolute atomic E-state index is 0.0611. The Kier molecular flexibility index (Phi) is 6.89. The summed E-state index contributed by atoms with van der Waals surface area (Å²) in [5, 5.41) is 1.43. The van der Waals surface area contributed by atoms with Crippen LogP contribution in [0.4, 0.5) is 26.3 Å². The third-order valence-corrected chi connectivity index (χ3v) is 6.48. The summed E-state index contributed by atoms with van der Waals surface area (Å²) < 4.78 is 81.8. The fourth-order valence-corrected chi connectivity index (χ4v) is 4.52. The van der Waals surface area contributed by atoms with Crippen LogP contribution in [0.5, 0.6) is 0 Å². The summed E-state index contributed by atoms with van der Waals surface area (Å²) in [5.74, 6) is -0.607. The number of hydrogen-bond donors (Lipinski definition) is 0. The minimum Gasteiger partial charge on any atom is -0.336 e. The first-order chi connectivity index (χ1) is 17.3. The Morgan fingerprint density at radius 3 is 1.89 bits per heavy atom. The molecule has 0 bridgehead atoms. The Labute approximate surface area is 213 Å². The van der Waals surface area contributed by atoms with Gasteiger partial charge in [-0.25, -0.2) is 0 Å². The molecule has 4 rings (SSSR count). The van der Waals surface area contributed by atoms with Gasteiger partial charge in [-0.15, -0.1) is 0 Å². The summed E-state index contributed by atoms with van der Waals surface area (Å²) in [6.07, 6.45) is -9.97. The molecule has 0 radical (unpaired) electrons. The predicted molar refractivity (Wildman–Crippen MR) is 131 cm³/mol. The van der Waals surface area contributed by atoms with Gasteiger partial charge in [0.1, 0.15) is 10.3 Å². The summed E-state index contributed by atoms with van der Waals surface area (Å²) in [7, 11) is 2.93. The summed E-state index contributed by atoms with van der Waals surface area (Å²) in [6.45, 7) is -0.486. The molecule has 0 unspecified atom stereocenters. The molecule has 1 heterocycles. The molecule has 3 nitrogen and oxygen atoms in total. The van der Waals surface area contributed by atoms with E-state index in [1.165, 1.54) is 11.6 Å². The van der Waals surface area contributed by atoms with Crippen molar-refractivity contribution in [3.63, 3.8) is 0 Å². The molecule has 1 amide bonds. The third-order valence-electron chi connectivity index (χ3n) is 5.98. The lowest BCUT2D eigenvalue weighted by molar-refractivity contribution is -0.143. The first-order valence-electron chi connectivity index (χ1n) is 11.0. The van der Waals surface area contributed by atoms with Gasteiger partial charge in [0.05, 0.1) is 11.1 Å². The second kappa shape index (κ2) is 9.66. The molecule has 0 saturated heterocycles. The highest BCUT2D eigenvalue weighted by Crippen LogP contribution is 2.37. The van der Waals surface area contributed by atoms with Crippen molar-refractivity contribution in [3.8, 4) is 11.1 Å². The number of amides is 1. The second-order valence-corrected chi connectivity index (χ2v) is 8.96. The van der Waals surface area contributed by atoms with Gasteiger partial charge in [0.25, 0.3) is 5.91 Å². The lowest BCUT2D eigenvalue weighted by Gasteiger charge is -2.24. The fourth-order valence-electron chi connectivity index (χ4n) is 4.25. The predicted octanol–water partition coefficient (Wildman–Crippen LogP) is 7.88. The van der Waals surface area contributed by atoms with Gasteiger partial charge in [0.2, 0.25) is 0 Å². The van der Waals surface area contributed by atoms with Crippen LogP contribution in [0.2, 0.25) is 0 Å². The molecule has 0 saturated carbocycles. The minimum atomic E-state index is -4.99. The molecule has 0 fully saturated rings. The molecule has 1 aromatic heterocycles. The van der Waals surface area contributed by atoms with Crippen LogP contribution in [-0.2, 0) is 25.9 Å². The summed E-state index contributed by atoms with van der Waals surface area (Å²) >= 11 is 5.59. The maximum absolute atomic E-state index is 13.7. The SMILES string of the molecule is CN(Cc1cc(C(F)(F)F)cc(C(F)(F)F)c1)C(=O)c1c(-c2ccccc2)c2ccccc2c(=S)n1C. The van der Waals surface area contributed by atoms with Crippen LogP contribution in [0.1, 0.15) is 27.2 Å². The van der Waals surface area contributed by atoms with Gasteiger partial charge in [-0.3, -0.25) is 4.79 Å². The molecule has 192 valence electrons. The van der Waals surface area contributed by atoms with E-state index in [0.29, 0.717) is 33.3 Å². The Morgan fingerprint density at radius 2 is 1.35 bits per heavy atom. The van der Waals surface area contributed by atoms with E-state index in [2.05, 4.69) is 0 Å². The van der Waals surface area contributed by atoms with E-state index in [0.717, 1.165) is 10.3 Å². The molecule has 4 aromatic rings. The maximum Gasteiger partial charge on any atom is 0.416 e. The summed E-state index contributed by atoms with van der Waals surface area (Å²) in [5.41, 5.74) is -1.75. The molecule has 10 heteroatoms. The van der Waals surface area contributed by atoms with E-state index >= 15 is 0 Å². The Balaban J connectivity index is 1.85. The van der Waals surface area contributed by atoms with E-state index in [-0.39, 0.29) is 17.3 Å². The number of alkyl halides is 6. The quantitative estimate of drug-likeness (QED) is 0.197. The van der Waals surface area contributed by atoms with E-state index in [1.807, 2.05) is 36.4 Å². The van der Waals surface area contributed by atoms with Crippen LogP contribution in [0.15, 0.2) is 72.8 Å². The highest BCUT2D eigenvalue weighted by Gasteiger charge is 2.37. The largest absolute Gasteiger partial charge is 0.416 e. The van der Waals surface area contributed by atoms with E-state index in [9.17, 15) is 31.1 Å². The van der Waals surface area contributed by atoms with Crippen molar-refractivity contribution in [1.29, 1.82) is 0 Å². The molecule has 0 aliphatic carbocycles. The monoisotopic (exact) mass is 534 g/mol. The zero-order valence-corrected chi connectivity index (χ0v) is 20.4. The third kappa shape index (κ3) is 5.24. The number of hydrogen-bond acceptors (Lipinski definition) is 2. The number of nitrogens with zero attached hydrogens (tertiary/aromatic N) is 2. The summed E-state index contributed by atoms with van der Waals surface area (Å²) in [6, 6.07) is 17.6. The van der Waals surface area contributed by atoms with Gasteiger partial charge in [-0.1, -0.05) is 66.8 Å². The van der Waals surface area contributed by atoms with E-state index < -0.39 is 35.9 Å². The Bertz CT molecular complexity index is 1510. The molecule has 0 atom stereocenters. The van der Waals surface area contributed by atoms with Crippen molar-refractivity contribution in [2.45, 2.75) is 18.9 Å². The van der Waals surface area contributed by atoms with Crippen LogP contribution in [-0.4, -0.2) is 22.4 Å². The topological polar surface area (TPSA) is 25.2 Å². The van der Waals surface area contributed by atoms with Crippen LogP contribution < -0.4 is 0 Å². The van der Waals surface area contributed by atoms with Crippen molar-refractivity contribution in [2.75, 3.05) is 7.05 Å². The molecule has 3 aromatic carbocycles. The van der Waals surface area contributed by atoms with Crippen molar-refractivity contribution in [2.24, 2.45) is 7.05 Å². The molecular weight excluding hydrogens is 514 g/mol. The first kappa shape index (κ1) is 26.4. The average Bonchev–Trinajstić information content (AvgIpc) is 2.85. The lowest BCUT2D eigenvalue weighted by atomic mass is 9.96. The highest BCUT2D eigenvalue weighted by molar-refractivity contribution is 7.71. The molecule has 0 spiro atoms. The summed E-state index contributed by atoms with van der Waals surface area (Å²) in [4.78, 5) is 14.8. The standard InChI is InChI=1S/C27H20F6N2OS/c1-34(15-16-12-18(26(28,29)30)14-19(13-16)27(31,32)33)24(36)23-22(17-8-4-3-5-9-17)20-10-6-7-11-21(20)25(37)35(23)2/h3-14H,15H2,1-2H3. The van der Waals surface area contributed by atoms with Gasteiger partial charge >= 0.3 is 12.4 Å². The van der Waals surface area contributed by atoms with Crippen molar-refractivity contribution >= 4 is 28.9 Å². The number of rotatable bonds is 4. The zero-order valence-electron chi connectivity index (χ0n) is 19.6. The molecule has 37 heavy (non-hydrogen) atoms. The highest BCUT2D eigenvalue weighted by atomic mass is 32.1. The Morgan fingerprint density at radius 1 is 0.838 bits per heavy atom. The van der Waals surface area contributed by atoms with Gasteiger partial charge in [-0.05, 0) is 34.7 Å². The number of halogens is 6. The Hall–Kier alpha value is -3.66. The average molecular weight is 535 g/mol. The van der Waals surface area contributed by atoms with Gasteiger partial charge in [0, 0.05) is 31.6 Å². The van der Waals surface area contributed by atoms with Gasteiger partial charge < -0.3 is 9.47 Å². The number of benzene rings is 3. The van der Waals surface area contributed by atoms with E-state index in [1.54, 1.807) is 25.2 Å². The fraction of sp³-hybridized carbons (Fsp3) is 0.185. The zero-order chi connectivity index (χ0) is 27.1. The number of carbonyl (C=O) groups is 1. The van der Waals surface area contributed by atoms with Gasteiger partial charge in [-0.2, -0.15) is 26.3 Å². The first-order valence-corrected chi connectivity index (χ1v) is 11.4. The smallest absolute Gasteiger partial charge is 0.336 e. The van der Waals surface area contributed by atoms with Crippen LogP contribution in [0.25, 0.3) is 21.9 Å². The normalized spacial score (nSPS) is 12.1. The molecule has 0 aliphatic heterocycles. The number of fused-ring (bicyclic) bond motifs is 1. The molecule has 0 aliphatic rings.